The Hall–Kier alpha value is -0.0800. The summed E-state index contributed by atoms with van der Waals surface area (Å²) in [6.45, 7) is 11.3. The van der Waals surface area contributed by atoms with Crippen molar-refractivity contribution in [3.05, 3.63) is 0 Å². The average Bonchev–Trinajstić information content (AvgIpc) is 2.81. The van der Waals surface area contributed by atoms with Crippen LogP contribution in [0, 0.1) is 11.8 Å². The minimum absolute atomic E-state index is 0.588. The third kappa shape index (κ3) is 4.26. The molecule has 0 aromatic rings. The second-order valence-electron chi connectivity index (χ2n) is 6.22. The van der Waals surface area contributed by atoms with Crippen molar-refractivity contribution >= 4 is 0 Å². The minimum Gasteiger partial charge on any atom is -0.329 e. The fraction of sp³-hybridized carbons (Fsp3) is 1.00. The van der Waals surface area contributed by atoms with Gasteiger partial charge < -0.3 is 5.73 Å². The van der Waals surface area contributed by atoms with E-state index in [-0.39, 0.29) is 0 Å². The molecule has 2 N–H and O–H groups in total. The van der Waals surface area contributed by atoms with E-state index in [1.165, 1.54) is 38.6 Å². The molecule has 1 fully saturated rings. The molecule has 0 saturated heterocycles. The van der Waals surface area contributed by atoms with Crippen LogP contribution in [0.4, 0.5) is 0 Å². The zero-order valence-corrected chi connectivity index (χ0v) is 12.3. The van der Waals surface area contributed by atoms with Gasteiger partial charge in [-0.1, -0.05) is 47.0 Å². The summed E-state index contributed by atoms with van der Waals surface area (Å²) in [6.07, 6.45) is 6.84. The predicted octanol–water partition coefficient (Wildman–Crippen LogP) is 3.26. The SMILES string of the molecule is CCC(C)C(CN)N(CC(C)C)C1CCCC1. The monoisotopic (exact) mass is 240 g/mol. The topological polar surface area (TPSA) is 29.3 Å². The van der Waals surface area contributed by atoms with Crippen LogP contribution in [0.3, 0.4) is 0 Å². The molecule has 0 heterocycles. The van der Waals surface area contributed by atoms with Gasteiger partial charge in [-0.2, -0.15) is 0 Å². The normalized spacial score (nSPS) is 21.4. The van der Waals surface area contributed by atoms with Gasteiger partial charge in [0.1, 0.15) is 0 Å². The lowest BCUT2D eigenvalue weighted by Crippen LogP contribution is -2.50. The Kier molecular flexibility index (Phi) is 6.50. The molecule has 0 spiro atoms. The van der Waals surface area contributed by atoms with Crippen molar-refractivity contribution in [1.29, 1.82) is 0 Å². The molecule has 0 amide bonds. The fourth-order valence-electron chi connectivity index (χ4n) is 3.18. The van der Waals surface area contributed by atoms with E-state index in [1.807, 2.05) is 0 Å². The molecule has 1 saturated carbocycles. The summed E-state index contributed by atoms with van der Waals surface area (Å²) in [4.78, 5) is 2.74. The van der Waals surface area contributed by atoms with Crippen molar-refractivity contribution in [2.75, 3.05) is 13.1 Å². The van der Waals surface area contributed by atoms with Crippen molar-refractivity contribution in [2.45, 2.75) is 71.9 Å². The van der Waals surface area contributed by atoms with Crippen LogP contribution in [0.1, 0.15) is 59.8 Å². The van der Waals surface area contributed by atoms with E-state index in [0.29, 0.717) is 6.04 Å². The van der Waals surface area contributed by atoms with E-state index >= 15 is 0 Å². The summed E-state index contributed by atoms with van der Waals surface area (Å²) in [7, 11) is 0. The van der Waals surface area contributed by atoms with Gasteiger partial charge in [-0.05, 0) is 24.7 Å². The summed E-state index contributed by atoms with van der Waals surface area (Å²) in [5, 5.41) is 0. The van der Waals surface area contributed by atoms with Crippen LogP contribution in [0.2, 0.25) is 0 Å². The molecule has 2 heteroatoms. The molecule has 2 unspecified atom stereocenters. The van der Waals surface area contributed by atoms with Gasteiger partial charge in [0.05, 0.1) is 0 Å². The zero-order valence-electron chi connectivity index (χ0n) is 12.3. The Morgan fingerprint density at radius 1 is 1.18 bits per heavy atom. The van der Waals surface area contributed by atoms with Gasteiger partial charge in [0, 0.05) is 25.2 Å². The third-order valence-corrected chi connectivity index (χ3v) is 4.34. The summed E-state index contributed by atoms with van der Waals surface area (Å²) in [5.41, 5.74) is 6.05. The van der Waals surface area contributed by atoms with Gasteiger partial charge in [0.2, 0.25) is 0 Å². The molecule has 2 atom stereocenters. The van der Waals surface area contributed by atoms with Crippen molar-refractivity contribution < 1.29 is 0 Å². The van der Waals surface area contributed by atoms with Crippen LogP contribution < -0.4 is 5.73 Å². The third-order valence-electron chi connectivity index (χ3n) is 4.34. The maximum atomic E-state index is 6.05. The van der Waals surface area contributed by atoms with Gasteiger partial charge in [0.25, 0.3) is 0 Å². The summed E-state index contributed by atoms with van der Waals surface area (Å²) in [6, 6.07) is 1.39. The Morgan fingerprint density at radius 3 is 2.18 bits per heavy atom. The molecular weight excluding hydrogens is 208 g/mol. The number of hydrogen-bond acceptors (Lipinski definition) is 2. The van der Waals surface area contributed by atoms with Crippen LogP contribution >= 0.6 is 0 Å². The predicted molar refractivity (Wildman–Crippen MR) is 76.1 cm³/mol. The summed E-state index contributed by atoms with van der Waals surface area (Å²) >= 11 is 0. The first-order valence-electron chi connectivity index (χ1n) is 7.55. The van der Waals surface area contributed by atoms with Crippen LogP contribution in [0.25, 0.3) is 0 Å². The first-order chi connectivity index (χ1) is 8.10. The lowest BCUT2D eigenvalue weighted by Gasteiger charge is -2.40. The molecule has 2 nitrogen and oxygen atoms in total. The van der Waals surface area contributed by atoms with Crippen LogP contribution in [0.15, 0.2) is 0 Å². The smallest absolute Gasteiger partial charge is 0.0246 e. The van der Waals surface area contributed by atoms with Gasteiger partial charge >= 0.3 is 0 Å². The standard InChI is InChI=1S/C15H32N2/c1-5-13(4)15(10-16)17(11-12(2)3)14-8-6-7-9-14/h12-15H,5-11,16H2,1-4H3. The highest BCUT2D eigenvalue weighted by Gasteiger charge is 2.30. The quantitative estimate of drug-likeness (QED) is 0.740. The van der Waals surface area contributed by atoms with E-state index in [4.69, 9.17) is 5.73 Å². The van der Waals surface area contributed by atoms with Crippen molar-refractivity contribution in [3.63, 3.8) is 0 Å². The average molecular weight is 240 g/mol. The van der Waals surface area contributed by atoms with Crippen molar-refractivity contribution in [2.24, 2.45) is 17.6 Å². The highest BCUT2D eigenvalue weighted by atomic mass is 15.2. The molecule has 0 aromatic carbocycles. The van der Waals surface area contributed by atoms with E-state index in [1.54, 1.807) is 0 Å². The highest BCUT2D eigenvalue weighted by Crippen LogP contribution is 2.28. The molecule has 0 bridgehead atoms. The van der Waals surface area contributed by atoms with Gasteiger partial charge in [-0.3, -0.25) is 4.90 Å². The molecule has 1 rings (SSSR count). The van der Waals surface area contributed by atoms with E-state index in [0.717, 1.165) is 24.4 Å². The van der Waals surface area contributed by atoms with Crippen molar-refractivity contribution in [1.82, 2.24) is 4.90 Å². The molecule has 17 heavy (non-hydrogen) atoms. The van der Waals surface area contributed by atoms with E-state index in [2.05, 4.69) is 32.6 Å². The van der Waals surface area contributed by atoms with Gasteiger partial charge in [0.15, 0.2) is 0 Å². The zero-order chi connectivity index (χ0) is 12.8. The molecule has 0 radical (unpaired) electrons. The van der Waals surface area contributed by atoms with Crippen LogP contribution in [-0.2, 0) is 0 Å². The highest BCUT2D eigenvalue weighted by molar-refractivity contribution is 4.86. The molecule has 0 aliphatic heterocycles. The van der Waals surface area contributed by atoms with Gasteiger partial charge in [-0.15, -0.1) is 0 Å². The fourth-order valence-corrected chi connectivity index (χ4v) is 3.18. The Labute approximate surface area is 108 Å². The Balaban J connectivity index is 2.71. The number of rotatable bonds is 7. The second-order valence-corrected chi connectivity index (χ2v) is 6.22. The number of nitrogens with zero attached hydrogens (tertiary/aromatic N) is 1. The lowest BCUT2D eigenvalue weighted by molar-refractivity contribution is 0.0870. The maximum absolute atomic E-state index is 6.05. The van der Waals surface area contributed by atoms with E-state index in [9.17, 15) is 0 Å². The van der Waals surface area contributed by atoms with Crippen molar-refractivity contribution in [3.8, 4) is 0 Å². The molecule has 0 aromatic heterocycles. The second kappa shape index (κ2) is 7.38. The number of nitrogens with two attached hydrogens (primary N) is 1. The summed E-state index contributed by atoms with van der Waals surface area (Å²) < 4.78 is 0. The number of hydrogen-bond donors (Lipinski definition) is 1. The molecule has 102 valence electrons. The first-order valence-corrected chi connectivity index (χ1v) is 7.55. The Bertz CT molecular complexity index is 197. The largest absolute Gasteiger partial charge is 0.329 e. The van der Waals surface area contributed by atoms with E-state index < -0.39 is 0 Å². The van der Waals surface area contributed by atoms with Crippen LogP contribution in [0.5, 0.6) is 0 Å². The van der Waals surface area contributed by atoms with Crippen LogP contribution in [-0.4, -0.2) is 30.1 Å². The minimum atomic E-state index is 0.588. The Morgan fingerprint density at radius 2 is 1.76 bits per heavy atom. The summed E-state index contributed by atoms with van der Waals surface area (Å²) in [5.74, 6) is 1.47. The molecule has 1 aliphatic rings. The maximum Gasteiger partial charge on any atom is 0.0246 e. The first kappa shape index (κ1) is 15.0. The lowest BCUT2D eigenvalue weighted by atomic mass is 9.94. The van der Waals surface area contributed by atoms with Gasteiger partial charge in [-0.25, -0.2) is 0 Å². The molecule has 1 aliphatic carbocycles. The molecular formula is C15H32N2.